The first-order valence-corrected chi connectivity index (χ1v) is 5.88. The highest BCUT2D eigenvalue weighted by molar-refractivity contribution is 5.86. The van der Waals surface area contributed by atoms with Crippen molar-refractivity contribution in [2.75, 3.05) is 0 Å². The topological polar surface area (TPSA) is 22.0 Å². The van der Waals surface area contributed by atoms with E-state index in [1.165, 1.54) is 11.3 Å². The fraction of sp³-hybridized carbons (Fsp3) is 0.267. The Kier molecular flexibility index (Phi) is 3.14. The number of nitrogens with zero attached hydrogens (tertiary/aromatic N) is 1. The minimum atomic E-state index is 0.755. The number of aryl methyl sites for hydroxylation is 2. The molecule has 2 aromatic rings. The number of benzene rings is 1. The Labute approximate surface area is 102 Å². The highest BCUT2D eigenvalue weighted by atomic mass is 16.1. The molecule has 2 rings (SSSR count). The lowest BCUT2D eigenvalue weighted by Gasteiger charge is -2.02. The van der Waals surface area contributed by atoms with Gasteiger partial charge in [-0.15, -0.1) is 0 Å². The Balaban J connectivity index is 2.58. The van der Waals surface area contributed by atoms with E-state index < -0.39 is 0 Å². The van der Waals surface area contributed by atoms with E-state index in [1.54, 1.807) is 0 Å². The van der Waals surface area contributed by atoms with E-state index in [0.29, 0.717) is 0 Å². The number of hydrogen-bond donors (Lipinski definition) is 0. The van der Waals surface area contributed by atoms with Gasteiger partial charge in [0, 0.05) is 18.3 Å². The van der Waals surface area contributed by atoms with Crippen LogP contribution in [0.1, 0.15) is 28.7 Å². The first-order chi connectivity index (χ1) is 8.17. The third kappa shape index (κ3) is 2.03. The van der Waals surface area contributed by atoms with Gasteiger partial charge >= 0.3 is 0 Å². The van der Waals surface area contributed by atoms with E-state index in [0.717, 1.165) is 29.5 Å². The predicted octanol–water partition coefficient (Wildman–Crippen LogP) is 3.38. The van der Waals surface area contributed by atoms with Crippen molar-refractivity contribution in [1.29, 1.82) is 0 Å². The third-order valence-electron chi connectivity index (χ3n) is 3.22. The molecule has 1 heterocycles. The molecular formula is C15H17NO. The van der Waals surface area contributed by atoms with Crippen LogP contribution in [0.15, 0.2) is 30.3 Å². The van der Waals surface area contributed by atoms with Crippen molar-refractivity contribution in [3.63, 3.8) is 0 Å². The lowest BCUT2D eigenvalue weighted by molar-refractivity contribution is 0.111. The van der Waals surface area contributed by atoms with E-state index in [1.807, 2.05) is 11.6 Å². The average Bonchev–Trinajstić information content (AvgIpc) is 2.66. The number of carbonyl (C=O) groups is 1. The van der Waals surface area contributed by atoms with Gasteiger partial charge in [-0.1, -0.05) is 36.8 Å². The second-order valence-electron chi connectivity index (χ2n) is 4.33. The molecule has 0 bridgehead atoms. The number of hydrogen-bond acceptors (Lipinski definition) is 1. The highest BCUT2D eigenvalue weighted by Crippen LogP contribution is 2.26. The van der Waals surface area contributed by atoms with Gasteiger partial charge in [-0.2, -0.15) is 0 Å². The molecule has 0 saturated heterocycles. The average molecular weight is 227 g/mol. The smallest absolute Gasteiger partial charge is 0.167 e. The van der Waals surface area contributed by atoms with Crippen molar-refractivity contribution in [2.24, 2.45) is 7.05 Å². The number of carbonyl (C=O) groups excluding carboxylic acids is 1. The summed E-state index contributed by atoms with van der Waals surface area (Å²) < 4.78 is 1.97. The van der Waals surface area contributed by atoms with Crippen molar-refractivity contribution >= 4 is 6.29 Å². The summed E-state index contributed by atoms with van der Waals surface area (Å²) in [6, 6.07) is 10.4. The second kappa shape index (κ2) is 4.58. The zero-order chi connectivity index (χ0) is 12.4. The summed E-state index contributed by atoms with van der Waals surface area (Å²) in [5, 5.41) is 0. The monoisotopic (exact) mass is 227 g/mol. The van der Waals surface area contributed by atoms with Gasteiger partial charge in [0.15, 0.2) is 6.29 Å². The number of aldehydes is 1. The zero-order valence-corrected chi connectivity index (χ0v) is 10.5. The van der Waals surface area contributed by atoms with E-state index in [4.69, 9.17) is 0 Å². The first kappa shape index (κ1) is 11.6. The summed E-state index contributed by atoms with van der Waals surface area (Å²) in [6.07, 6.45) is 1.87. The summed E-state index contributed by atoms with van der Waals surface area (Å²) in [7, 11) is 1.94. The van der Waals surface area contributed by atoms with Crippen LogP contribution in [0.25, 0.3) is 11.1 Å². The van der Waals surface area contributed by atoms with Crippen LogP contribution in [0, 0.1) is 6.92 Å². The molecule has 0 aliphatic rings. The molecular weight excluding hydrogens is 210 g/mol. The van der Waals surface area contributed by atoms with Crippen LogP contribution in [0.3, 0.4) is 0 Å². The van der Waals surface area contributed by atoms with Crippen LogP contribution in [0.2, 0.25) is 0 Å². The molecule has 0 aliphatic heterocycles. The van der Waals surface area contributed by atoms with Gasteiger partial charge in [-0.3, -0.25) is 4.79 Å². The van der Waals surface area contributed by atoms with Crippen molar-refractivity contribution in [1.82, 2.24) is 4.57 Å². The fourth-order valence-electron chi connectivity index (χ4n) is 2.12. The van der Waals surface area contributed by atoms with Gasteiger partial charge in [0.1, 0.15) is 0 Å². The fourth-order valence-corrected chi connectivity index (χ4v) is 2.12. The van der Waals surface area contributed by atoms with Crippen molar-refractivity contribution in [2.45, 2.75) is 20.3 Å². The molecule has 0 atom stereocenters. The standard InChI is InChI=1S/C15H17NO/c1-4-13-9-14(15(10-17)16(13)3)12-7-5-11(2)6-8-12/h5-10H,4H2,1-3H3. The predicted molar refractivity (Wildman–Crippen MR) is 70.4 cm³/mol. The molecule has 2 nitrogen and oxygen atoms in total. The quantitative estimate of drug-likeness (QED) is 0.737. The van der Waals surface area contributed by atoms with E-state index in [-0.39, 0.29) is 0 Å². The summed E-state index contributed by atoms with van der Waals surface area (Å²) in [5.74, 6) is 0. The molecule has 0 amide bonds. The summed E-state index contributed by atoms with van der Waals surface area (Å²) in [5.41, 5.74) is 5.30. The maximum absolute atomic E-state index is 11.2. The molecule has 0 saturated carbocycles. The van der Waals surface area contributed by atoms with E-state index >= 15 is 0 Å². The van der Waals surface area contributed by atoms with Crippen LogP contribution in [0.4, 0.5) is 0 Å². The number of aromatic nitrogens is 1. The summed E-state index contributed by atoms with van der Waals surface area (Å²) in [6.45, 7) is 4.16. The number of rotatable bonds is 3. The van der Waals surface area contributed by atoms with Crippen molar-refractivity contribution < 1.29 is 4.79 Å². The molecule has 0 N–H and O–H groups in total. The van der Waals surface area contributed by atoms with Gasteiger partial charge in [0.25, 0.3) is 0 Å². The summed E-state index contributed by atoms with van der Waals surface area (Å²) >= 11 is 0. The van der Waals surface area contributed by atoms with Crippen LogP contribution in [0.5, 0.6) is 0 Å². The molecule has 1 aromatic heterocycles. The van der Waals surface area contributed by atoms with E-state index in [2.05, 4.69) is 44.2 Å². The Morgan fingerprint density at radius 3 is 2.41 bits per heavy atom. The van der Waals surface area contributed by atoms with E-state index in [9.17, 15) is 4.79 Å². The maximum atomic E-state index is 11.2. The largest absolute Gasteiger partial charge is 0.345 e. The summed E-state index contributed by atoms with van der Waals surface area (Å²) in [4.78, 5) is 11.2. The SMILES string of the molecule is CCc1cc(-c2ccc(C)cc2)c(C=O)n1C. The van der Waals surface area contributed by atoms with Gasteiger partial charge in [0.2, 0.25) is 0 Å². The minimum absolute atomic E-state index is 0.755. The van der Waals surface area contributed by atoms with Gasteiger partial charge in [-0.05, 0) is 25.0 Å². The third-order valence-corrected chi connectivity index (χ3v) is 3.22. The zero-order valence-electron chi connectivity index (χ0n) is 10.5. The molecule has 2 heteroatoms. The lowest BCUT2D eigenvalue weighted by atomic mass is 10.0. The van der Waals surface area contributed by atoms with Crippen molar-refractivity contribution in [3.05, 3.63) is 47.3 Å². The molecule has 0 radical (unpaired) electrons. The van der Waals surface area contributed by atoms with Crippen LogP contribution >= 0.6 is 0 Å². The maximum Gasteiger partial charge on any atom is 0.167 e. The van der Waals surface area contributed by atoms with Crippen LogP contribution in [-0.4, -0.2) is 10.9 Å². The van der Waals surface area contributed by atoms with Crippen LogP contribution in [-0.2, 0) is 13.5 Å². The molecule has 1 aromatic carbocycles. The molecule has 0 fully saturated rings. The normalized spacial score (nSPS) is 10.5. The minimum Gasteiger partial charge on any atom is -0.345 e. The Morgan fingerprint density at radius 2 is 1.88 bits per heavy atom. The molecule has 0 aliphatic carbocycles. The Hall–Kier alpha value is -1.83. The second-order valence-corrected chi connectivity index (χ2v) is 4.33. The first-order valence-electron chi connectivity index (χ1n) is 5.88. The lowest BCUT2D eigenvalue weighted by Crippen LogP contribution is -1.99. The molecule has 0 spiro atoms. The van der Waals surface area contributed by atoms with Crippen molar-refractivity contribution in [3.8, 4) is 11.1 Å². The molecule has 0 unspecified atom stereocenters. The van der Waals surface area contributed by atoms with Gasteiger partial charge < -0.3 is 4.57 Å². The highest BCUT2D eigenvalue weighted by Gasteiger charge is 2.12. The Bertz CT molecular complexity index is 535. The molecule has 88 valence electrons. The van der Waals surface area contributed by atoms with Gasteiger partial charge in [0.05, 0.1) is 5.69 Å². The Morgan fingerprint density at radius 1 is 1.24 bits per heavy atom. The molecule has 17 heavy (non-hydrogen) atoms. The van der Waals surface area contributed by atoms with Crippen LogP contribution < -0.4 is 0 Å². The van der Waals surface area contributed by atoms with Gasteiger partial charge in [-0.25, -0.2) is 0 Å².